The van der Waals surface area contributed by atoms with Crippen molar-refractivity contribution in [3.8, 4) is 0 Å². The zero-order valence-electron chi connectivity index (χ0n) is 11.8. The standard InChI is InChI=1S/C15H23BrN2O/c1-3-17-10-12-6-7-15(14(16)9-12)18-8-4-5-13(11-18)19-2/h6-7,9,13,17H,3-5,8,10-11H2,1-2H3. The number of rotatable bonds is 5. The summed E-state index contributed by atoms with van der Waals surface area (Å²) in [5.74, 6) is 0. The van der Waals surface area contributed by atoms with Gasteiger partial charge in [0, 0.05) is 31.2 Å². The van der Waals surface area contributed by atoms with Crippen molar-refractivity contribution in [3.05, 3.63) is 28.2 Å². The Morgan fingerprint density at radius 2 is 2.32 bits per heavy atom. The van der Waals surface area contributed by atoms with Gasteiger partial charge in [0.25, 0.3) is 0 Å². The molecular formula is C15H23BrN2O. The summed E-state index contributed by atoms with van der Waals surface area (Å²) in [6.45, 7) is 6.16. The Kier molecular flexibility index (Phi) is 5.67. The summed E-state index contributed by atoms with van der Waals surface area (Å²) in [5.41, 5.74) is 2.60. The molecule has 1 atom stereocenters. The van der Waals surface area contributed by atoms with Crippen LogP contribution in [-0.2, 0) is 11.3 Å². The topological polar surface area (TPSA) is 24.5 Å². The minimum atomic E-state index is 0.363. The highest BCUT2D eigenvalue weighted by Gasteiger charge is 2.21. The molecule has 0 saturated carbocycles. The molecule has 2 rings (SSSR count). The smallest absolute Gasteiger partial charge is 0.0746 e. The molecule has 1 aromatic rings. The van der Waals surface area contributed by atoms with Crippen molar-refractivity contribution in [2.45, 2.75) is 32.4 Å². The highest BCUT2D eigenvalue weighted by molar-refractivity contribution is 9.10. The molecule has 1 fully saturated rings. The molecule has 1 aliphatic rings. The molecule has 0 radical (unpaired) electrons. The first-order chi connectivity index (χ1) is 9.24. The zero-order valence-corrected chi connectivity index (χ0v) is 13.4. The van der Waals surface area contributed by atoms with Crippen molar-refractivity contribution in [3.63, 3.8) is 0 Å². The number of piperidine rings is 1. The van der Waals surface area contributed by atoms with E-state index in [9.17, 15) is 0 Å². The van der Waals surface area contributed by atoms with Gasteiger partial charge in [0.15, 0.2) is 0 Å². The van der Waals surface area contributed by atoms with Crippen LogP contribution >= 0.6 is 15.9 Å². The lowest BCUT2D eigenvalue weighted by Gasteiger charge is -2.34. The van der Waals surface area contributed by atoms with Crippen LogP contribution in [0, 0.1) is 0 Å². The molecule has 1 saturated heterocycles. The lowest BCUT2D eigenvalue weighted by atomic mass is 10.1. The van der Waals surface area contributed by atoms with Gasteiger partial charge in [-0.25, -0.2) is 0 Å². The van der Waals surface area contributed by atoms with E-state index in [0.29, 0.717) is 6.10 Å². The molecule has 1 unspecified atom stereocenters. The second-order valence-corrected chi connectivity index (χ2v) is 5.87. The summed E-state index contributed by atoms with van der Waals surface area (Å²) < 4.78 is 6.67. The Balaban J connectivity index is 2.07. The van der Waals surface area contributed by atoms with Crippen LogP contribution in [0.15, 0.2) is 22.7 Å². The molecule has 0 spiro atoms. The quantitative estimate of drug-likeness (QED) is 0.899. The van der Waals surface area contributed by atoms with Gasteiger partial charge in [-0.2, -0.15) is 0 Å². The van der Waals surface area contributed by atoms with Gasteiger partial charge in [-0.1, -0.05) is 13.0 Å². The first-order valence-corrected chi connectivity index (χ1v) is 7.80. The number of ether oxygens (including phenoxy) is 1. The van der Waals surface area contributed by atoms with E-state index in [1.807, 2.05) is 7.11 Å². The maximum atomic E-state index is 5.49. The predicted molar refractivity (Wildman–Crippen MR) is 83.8 cm³/mol. The fourth-order valence-corrected chi connectivity index (χ4v) is 3.21. The van der Waals surface area contributed by atoms with Crippen LogP contribution in [0.1, 0.15) is 25.3 Å². The zero-order chi connectivity index (χ0) is 13.7. The molecule has 0 aromatic heterocycles. The highest BCUT2D eigenvalue weighted by Crippen LogP contribution is 2.30. The van der Waals surface area contributed by atoms with Crippen molar-refractivity contribution in [1.82, 2.24) is 5.32 Å². The largest absolute Gasteiger partial charge is 0.380 e. The van der Waals surface area contributed by atoms with Crippen molar-refractivity contribution in [1.29, 1.82) is 0 Å². The van der Waals surface area contributed by atoms with E-state index in [4.69, 9.17) is 4.74 Å². The Morgan fingerprint density at radius 3 is 3.00 bits per heavy atom. The summed E-state index contributed by atoms with van der Waals surface area (Å²) in [6, 6.07) is 6.64. The molecule has 4 heteroatoms. The number of methoxy groups -OCH3 is 1. The van der Waals surface area contributed by atoms with Crippen LogP contribution in [0.3, 0.4) is 0 Å². The van der Waals surface area contributed by atoms with Crippen molar-refractivity contribution in [2.75, 3.05) is 31.6 Å². The van der Waals surface area contributed by atoms with Crippen LogP contribution in [0.5, 0.6) is 0 Å². The van der Waals surface area contributed by atoms with Gasteiger partial charge in [0.1, 0.15) is 0 Å². The van der Waals surface area contributed by atoms with Crippen LogP contribution < -0.4 is 10.2 Å². The van der Waals surface area contributed by atoms with Crippen molar-refractivity contribution < 1.29 is 4.74 Å². The van der Waals surface area contributed by atoms with E-state index in [0.717, 1.165) is 26.2 Å². The third-order valence-corrected chi connectivity index (χ3v) is 4.28. The Labute approximate surface area is 124 Å². The Hall–Kier alpha value is -0.580. The average Bonchev–Trinajstić information content (AvgIpc) is 2.45. The summed E-state index contributed by atoms with van der Waals surface area (Å²) in [4.78, 5) is 2.42. The Bertz CT molecular complexity index is 411. The van der Waals surface area contributed by atoms with Crippen LogP contribution in [-0.4, -0.2) is 32.8 Å². The second kappa shape index (κ2) is 7.27. The molecule has 3 nitrogen and oxygen atoms in total. The lowest BCUT2D eigenvalue weighted by Crippen LogP contribution is -2.39. The summed E-state index contributed by atoms with van der Waals surface area (Å²) in [5, 5.41) is 3.35. The SMILES string of the molecule is CCNCc1ccc(N2CCCC(OC)C2)c(Br)c1. The van der Waals surface area contributed by atoms with Crippen molar-refractivity contribution in [2.24, 2.45) is 0 Å². The molecule has 106 valence electrons. The number of hydrogen-bond acceptors (Lipinski definition) is 3. The molecule has 1 heterocycles. The molecule has 19 heavy (non-hydrogen) atoms. The number of benzene rings is 1. The number of anilines is 1. The number of nitrogens with one attached hydrogen (secondary N) is 1. The van der Waals surface area contributed by atoms with E-state index in [1.54, 1.807) is 0 Å². The second-order valence-electron chi connectivity index (χ2n) is 5.01. The van der Waals surface area contributed by atoms with E-state index < -0.39 is 0 Å². The average molecular weight is 327 g/mol. The molecule has 0 amide bonds. The molecule has 0 aliphatic carbocycles. The lowest BCUT2D eigenvalue weighted by molar-refractivity contribution is 0.0893. The molecule has 1 aliphatic heterocycles. The summed E-state index contributed by atoms with van der Waals surface area (Å²) >= 11 is 3.71. The van der Waals surface area contributed by atoms with Crippen LogP contribution in [0.25, 0.3) is 0 Å². The first-order valence-electron chi connectivity index (χ1n) is 7.01. The first kappa shape index (κ1) is 14.8. The van der Waals surface area contributed by atoms with Crippen LogP contribution in [0.4, 0.5) is 5.69 Å². The van der Waals surface area contributed by atoms with E-state index in [2.05, 4.69) is 51.3 Å². The van der Waals surface area contributed by atoms with Crippen molar-refractivity contribution >= 4 is 21.6 Å². The fourth-order valence-electron chi connectivity index (χ4n) is 2.54. The summed E-state index contributed by atoms with van der Waals surface area (Å²) in [7, 11) is 1.81. The van der Waals surface area contributed by atoms with Gasteiger partial charge in [-0.05, 0) is 53.0 Å². The Morgan fingerprint density at radius 1 is 1.47 bits per heavy atom. The van der Waals surface area contributed by atoms with E-state index >= 15 is 0 Å². The van der Waals surface area contributed by atoms with Gasteiger partial charge in [0.05, 0.1) is 11.8 Å². The monoisotopic (exact) mass is 326 g/mol. The molecular weight excluding hydrogens is 304 g/mol. The third-order valence-electron chi connectivity index (χ3n) is 3.64. The van der Waals surface area contributed by atoms with Gasteiger partial charge in [0.2, 0.25) is 0 Å². The minimum Gasteiger partial charge on any atom is -0.380 e. The fraction of sp³-hybridized carbons (Fsp3) is 0.600. The molecule has 0 bridgehead atoms. The maximum absolute atomic E-state index is 5.49. The predicted octanol–water partition coefficient (Wildman–Crippen LogP) is 3.17. The molecule has 1 aromatic carbocycles. The van der Waals surface area contributed by atoms with Gasteiger partial charge >= 0.3 is 0 Å². The summed E-state index contributed by atoms with van der Waals surface area (Å²) in [6.07, 6.45) is 2.73. The number of nitrogens with zero attached hydrogens (tertiary/aromatic N) is 1. The van der Waals surface area contributed by atoms with Gasteiger partial charge < -0.3 is 15.0 Å². The number of halogens is 1. The highest BCUT2D eigenvalue weighted by atomic mass is 79.9. The maximum Gasteiger partial charge on any atom is 0.0746 e. The van der Waals surface area contributed by atoms with Gasteiger partial charge in [-0.15, -0.1) is 0 Å². The van der Waals surface area contributed by atoms with E-state index in [-0.39, 0.29) is 0 Å². The third kappa shape index (κ3) is 3.94. The van der Waals surface area contributed by atoms with E-state index in [1.165, 1.54) is 28.6 Å². The molecule has 1 N–H and O–H groups in total. The van der Waals surface area contributed by atoms with Crippen LogP contribution in [0.2, 0.25) is 0 Å². The van der Waals surface area contributed by atoms with Gasteiger partial charge in [-0.3, -0.25) is 0 Å². The minimum absolute atomic E-state index is 0.363. The number of hydrogen-bond donors (Lipinski definition) is 1. The normalized spacial score (nSPS) is 19.7.